The predicted octanol–water partition coefficient (Wildman–Crippen LogP) is 1.80. The van der Waals surface area contributed by atoms with E-state index in [2.05, 4.69) is 25.3 Å². The van der Waals surface area contributed by atoms with Crippen molar-refractivity contribution in [2.75, 3.05) is 18.8 Å². The molecule has 0 saturated carbocycles. The molecule has 0 aromatic carbocycles. The lowest BCUT2D eigenvalue weighted by atomic mass is 9.90. The first kappa shape index (κ1) is 21.9. The van der Waals surface area contributed by atoms with Gasteiger partial charge in [-0.25, -0.2) is 19.9 Å². The Balaban J connectivity index is 1.47. The minimum absolute atomic E-state index is 0.0879. The zero-order valence-corrected chi connectivity index (χ0v) is 17.9. The van der Waals surface area contributed by atoms with E-state index in [-0.39, 0.29) is 17.5 Å². The van der Waals surface area contributed by atoms with Gasteiger partial charge in [-0.2, -0.15) is 0 Å². The summed E-state index contributed by atoms with van der Waals surface area (Å²) >= 11 is 6.21. The summed E-state index contributed by atoms with van der Waals surface area (Å²) in [5.74, 6) is 0.997. The van der Waals surface area contributed by atoms with Gasteiger partial charge in [-0.15, -0.1) is 0 Å². The number of nitrogens with two attached hydrogens (primary N) is 1. The Morgan fingerprint density at radius 3 is 2.70 bits per heavy atom. The van der Waals surface area contributed by atoms with Crippen molar-refractivity contribution >= 4 is 29.2 Å². The molecule has 0 unspecified atom stereocenters. The molecule has 2 amide bonds. The van der Waals surface area contributed by atoms with Crippen molar-refractivity contribution in [3.05, 3.63) is 40.8 Å². The highest BCUT2D eigenvalue weighted by molar-refractivity contribution is 6.30. The van der Waals surface area contributed by atoms with E-state index in [1.807, 2.05) is 0 Å². The van der Waals surface area contributed by atoms with Gasteiger partial charge >= 0.3 is 0 Å². The van der Waals surface area contributed by atoms with Gasteiger partial charge in [0.1, 0.15) is 34.9 Å². The van der Waals surface area contributed by atoms with Crippen LogP contribution in [0, 0.1) is 12.8 Å². The van der Waals surface area contributed by atoms with Gasteiger partial charge in [0.25, 0.3) is 5.91 Å². The Labute approximate surface area is 180 Å². The number of nitrogens with zero attached hydrogens (tertiary/aromatic N) is 5. The van der Waals surface area contributed by atoms with Crippen molar-refractivity contribution in [2.24, 2.45) is 5.92 Å². The van der Waals surface area contributed by atoms with Gasteiger partial charge in [0.15, 0.2) is 0 Å². The molecule has 3 heterocycles. The average Bonchev–Trinajstić information content (AvgIpc) is 2.73. The molecule has 0 aliphatic carbocycles. The molecular formula is C20H26ClN7O2. The normalized spacial score (nSPS) is 15.6. The number of carbonyl (C=O) groups is 2. The van der Waals surface area contributed by atoms with Crippen LogP contribution in [0.25, 0.3) is 0 Å². The minimum atomic E-state index is -0.618. The first-order valence-electron chi connectivity index (χ1n) is 9.99. The summed E-state index contributed by atoms with van der Waals surface area (Å²) in [5.41, 5.74) is 7.01. The first-order valence-corrected chi connectivity index (χ1v) is 10.4. The Kier molecular flexibility index (Phi) is 7.15. The minimum Gasteiger partial charge on any atom is -0.383 e. The zero-order valence-electron chi connectivity index (χ0n) is 17.1. The molecule has 3 rings (SSSR count). The molecule has 0 spiro atoms. The Morgan fingerprint density at radius 2 is 2.07 bits per heavy atom. The number of halogens is 1. The number of aromatic nitrogens is 4. The largest absolute Gasteiger partial charge is 0.383 e. The van der Waals surface area contributed by atoms with E-state index in [0.29, 0.717) is 35.8 Å². The van der Waals surface area contributed by atoms with Crippen molar-refractivity contribution < 1.29 is 9.59 Å². The van der Waals surface area contributed by atoms with Crippen molar-refractivity contribution in [3.63, 3.8) is 0 Å². The van der Waals surface area contributed by atoms with Crippen LogP contribution in [-0.2, 0) is 11.2 Å². The number of carbonyl (C=O) groups excluding carboxylic acids is 2. The van der Waals surface area contributed by atoms with Gasteiger partial charge in [0.05, 0.1) is 0 Å². The van der Waals surface area contributed by atoms with Crippen LogP contribution >= 0.6 is 11.6 Å². The molecule has 0 bridgehead atoms. The molecule has 1 fully saturated rings. The van der Waals surface area contributed by atoms with Crippen molar-refractivity contribution in [3.8, 4) is 0 Å². The molecule has 160 valence electrons. The second-order valence-electron chi connectivity index (χ2n) is 7.52. The van der Waals surface area contributed by atoms with Gasteiger partial charge in [-0.3, -0.25) is 9.59 Å². The highest BCUT2D eigenvalue weighted by Crippen LogP contribution is 2.26. The number of amides is 2. The summed E-state index contributed by atoms with van der Waals surface area (Å²) in [4.78, 5) is 42.7. The van der Waals surface area contributed by atoms with Crippen LogP contribution in [0.15, 0.2) is 18.6 Å². The maximum absolute atomic E-state index is 12.7. The molecule has 0 radical (unpaired) electrons. The summed E-state index contributed by atoms with van der Waals surface area (Å²) in [5, 5.41) is 3.12. The van der Waals surface area contributed by atoms with Crippen LogP contribution in [0.2, 0.25) is 5.15 Å². The fourth-order valence-corrected chi connectivity index (χ4v) is 3.95. The van der Waals surface area contributed by atoms with Crippen molar-refractivity contribution in [1.82, 2.24) is 30.2 Å². The Hall–Kier alpha value is -2.81. The van der Waals surface area contributed by atoms with Crippen LogP contribution in [0.4, 0.5) is 5.82 Å². The summed E-state index contributed by atoms with van der Waals surface area (Å²) in [7, 11) is 0. The van der Waals surface area contributed by atoms with E-state index in [1.54, 1.807) is 18.7 Å². The number of aryl methyl sites for hydroxylation is 1. The summed E-state index contributed by atoms with van der Waals surface area (Å²) in [6.07, 6.45) is 6.21. The lowest BCUT2D eigenvalue weighted by molar-refractivity contribution is -0.134. The van der Waals surface area contributed by atoms with Gasteiger partial charge in [0.2, 0.25) is 5.91 Å². The van der Waals surface area contributed by atoms with Crippen LogP contribution < -0.4 is 11.1 Å². The van der Waals surface area contributed by atoms with E-state index in [0.717, 1.165) is 31.2 Å². The lowest BCUT2D eigenvalue weighted by Crippen LogP contribution is -2.49. The maximum atomic E-state index is 12.7. The number of anilines is 1. The van der Waals surface area contributed by atoms with E-state index in [9.17, 15) is 9.59 Å². The molecule has 9 nitrogen and oxygen atoms in total. The second-order valence-corrected chi connectivity index (χ2v) is 7.88. The van der Waals surface area contributed by atoms with Crippen LogP contribution in [0.5, 0.6) is 0 Å². The van der Waals surface area contributed by atoms with Crippen molar-refractivity contribution in [2.45, 2.75) is 45.6 Å². The highest BCUT2D eigenvalue weighted by Gasteiger charge is 2.27. The first-order chi connectivity index (χ1) is 14.3. The van der Waals surface area contributed by atoms with Gasteiger partial charge in [-0.1, -0.05) is 11.6 Å². The van der Waals surface area contributed by atoms with E-state index < -0.39 is 6.04 Å². The fourth-order valence-electron chi connectivity index (χ4n) is 3.63. The summed E-state index contributed by atoms with van der Waals surface area (Å²) in [6.45, 7) is 4.76. The Morgan fingerprint density at radius 1 is 1.33 bits per heavy atom. The maximum Gasteiger partial charge on any atom is 0.270 e. The molecule has 1 aliphatic rings. The smallest absolute Gasteiger partial charge is 0.270 e. The quantitative estimate of drug-likeness (QED) is 0.667. The van der Waals surface area contributed by atoms with E-state index >= 15 is 0 Å². The number of nitrogen functional groups attached to an aromatic ring is 1. The standard InChI is InChI=1S/C20H26ClN7O2/c1-12(25-19(29)16-5-8-23-11-24-16)20(30)28-9-6-14(7-10-28)3-4-15-17(21)26-13(2)27-18(15)22/h5,8,11-12,14H,3-4,6-7,9-10H2,1-2H3,(H,25,29)(H2,22,26,27)/t12-/m0/s1. The van der Waals surface area contributed by atoms with Crippen LogP contribution in [0.3, 0.4) is 0 Å². The molecule has 1 aliphatic heterocycles. The highest BCUT2D eigenvalue weighted by atomic mass is 35.5. The van der Waals surface area contributed by atoms with Gasteiger partial charge in [0, 0.05) is 24.8 Å². The van der Waals surface area contributed by atoms with E-state index in [1.165, 1.54) is 18.6 Å². The summed E-state index contributed by atoms with van der Waals surface area (Å²) in [6, 6.07) is 0.892. The SMILES string of the molecule is Cc1nc(N)c(CCC2CCN(C(=O)[C@H](C)NC(=O)c3ccncn3)CC2)c(Cl)n1. The molecule has 30 heavy (non-hydrogen) atoms. The summed E-state index contributed by atoms with van der Waals surface area (Å²) < 4.78 is 0. The second kappa shape index (κ2) is 9.80. The number of rotatable bonds is 6. The van der Waals surface area contributed by atoms with Crippen LogP contribution in [0.1, 0.15) is 48.1 Å². The van der Waals surface area contributed by atoms with E-state index in [4.69, 9.17) is 17.3 Å². The fraction of sp³-hybridized carbons (Fsp3) is 0.500. The molecule has 3 N–H and O–H groups in total. The zero-order chi connectivity index (χ0) is 21.7. The van der Waals surface area contributed by atoms with Gasteiger partial charge < -0.3 is 16.0 Å². The number of hydrogen-bond donors (Lipinski definition) is 2. The molecule has 10 heteroatoms. The molecule has 1 saturated heterocycles. The Bertz CT molecular complexity index is 878. The predicted molar refractivity (Wildman–Crippen MR) is 113 cm³/mol. The lowest BCUT2D eigenvalue weighted by Gasteiger charge is -2.33. The molecule has 1 atom stereocenters. The van der Waals surface area contributed by atoms with Crippen LogP contribution in [-0.4, -0.2) is 55.8 Å². The monoisotopic (exact) mass is 431 g/mol. The van der Waals surface area contributed by atoms with Crippen molar-refractivity contribution in [1.29, 1.82) is 0 Å². The number of nitrogens with one attached hydrogen (secondary N) is 1. The topological polar surface area (TPSA) is 127 Å². The number of piperidine rings is 1. The third-order valence-electron chi connectivity index (χ3n) is 5.36. The van der Waals surface area contributed by atoms with Gasteiger partial charge in [-0.05, 0) is 51.5 Å². The molecule has 2 aromatic rings. The molecular weight excluding hydrogens is 406 g/mol. The number of hydrogen-bond acceptors (Lipinski definition) is 7. The average molecular weight is 432 g/mol. The molecule has 2 aromatic heterocycles. The number of likely N-dealkylation sites (tertiary alicyclic amines) is 1. The third kappa shape index (κ3) is 5.41. The third-order valence-corrected chi connectivity index (χ3v) is 5.67.